The van der Waals surface area contributed by atoms with Gasteiger partial charge in [0.2, 0.25) is 0 Å². The first-order chi connectivity index (χ1) is 8.70. The number of halogens is 1. The van der Waals surface area contributed by atoms with E-state index in [1.807, 2.05) is 24.5 Å². The Hall–Kier alpha value is -0.910. The third kappa shape index (κ3) is 3.31. The van der Waals surface area contributed by atoms with Crippen molar-refractivity contribution >= 4 is 21.6 Å². The van der Waals surface area contributed by atoms with Gasteiger partial charge in [0.05, 0.1) is 11.9 Å². The zero-order valence-corrected chi connectivity index (χ0v) is 12.0. The highest BCUT2D eigenvalue weighted by Gasteiger charge is 2.05. The Kier molecular flexibility index (Phi) is 4.74. The van der Waals surface area contributed by atoms with Crippen LogP contribution in [0, 0.1) is 5.92 Å². The summed E-state index contributed by atoms with van der Waals surface area (Å²) >= 11 is 3.47. The summed E-state index contributed by atoms with van der Waals surface area (Å²) in [5.74, 6) is 0.487. The molecule has 2 aromatic heterocycles. The molecular formula is C13H18BrN3O. The topological polar surface area (TPSA) is 49.6 Å². The lowest BCUT2D eigenvalue weighted by atomic mass is 10.1. The molecule has 0 spiro atoms. The average Bonchev–Trinajstić information content (AvgIpc) is 2.72. The van der Waals surface area contributed by atoms with Crippen LogP contribution in [0.1, 0.15) is 19.0 Å². The highest BCUT2D eigenvalue weighted by Crippen LogP contribution is 2.13. The summed E-state index contributed by atoms with van der Waals surface area (Å²) in [6.07, 6.45) is 4.76. The number of hydrogen-bond donors (Lipinski definition) is 2. The standard InChI is InChI=1S/C13H18BrN3O/c1-10(4-5-18)6-15-7-12-8-16-13-3-2-11(14)9-17(12)13/h2-3,8-10,15,18H,4-7H2,1H3. The smallest absolute Gasteiger partial charge is 0.136 e. The summed E-state index contributed by atoms with van der Waals surface area (Å²) in [5, 5.41) is 12.2. The third-order valence-electron chi connectivity index (χ3n) is 2.97. The highest BCUT2D eigenvalue weighted by molar-refractivity contribution is 9.10. The van der Waals surface area contributed by atoms with Gasteiger partial charge in [-0.25, -0.2) is 4.98 Å². The molecule has 2 aromatic rings. The van der Waals surface area contributed by atoms with Crippen LogP contribution in [0.3, 0.4) is 0 Å². The maximum Gasteiger partial charge on any atom is 0.136 e. The SMILES string of the molecule is CC(CCO)CNCc1cnc2ccc(Br)cn12. The molecular weight excluding hydrogens is 294 g/mol. The minimum absolute atomic E-state index is 0.255. The molecule has 1 unspecified atom stereocenters. The lowest BCUT2D eigenvalue weighted by Crippen LogP contribution is -2.22. The highest BCUT2D eigenvalue weighted by atomic mass is 79.9. The molecule has 18 heavy (non-hydrogen) atoms. The van der Waals surface area contributed by atoms with Gasteiger partial charge in [-0.15, -0.1) is 0 Å². The summed E-state index contributed by atoms with van der Waals surface area (Å²) in [5.41, 5.74) is 2.10. The van der Waals surface area contributed by atoms with Gasteiger partial charge in [-0.05, 0) is 46.9 Å². The van der Waals surface area contributed by atoms with Gasteiger partial charge in [0, 0.05) is 23.8 Å². The van der Waals surface area contributed by atoms with Gasteiger partial charge in [-0.3, -0.25) is 0 Å². The molecule has 2 rings (SSSR count). The minimum Gasteiger partial charge on any atom is -0.396 e. The van der Waals surface area contributed by atoms with E-state index in [1.165, 1.54) is 0 Å². The Morgan fingerprint density at radius 2 is 2.33 bits per heavy atom. The van der Waals surface area contributed by atoms with E-state index < -0.39 is 0 Å². The second-order valence-corrected chi connectivity index (χ2v) is 5.49. The number of nitrogens with one attached hydrogen (secondary N) is 1. The van der Waals surface area contributed by atoms with Gasteiger partial charge in [0.1, 0.15) is 5.65 Å². The Morgan fingerprint density at radius 1 is 1.50 bits per heavy atom. The van der Waals surface area contributed by atoms with E-state index in [4.69, 9.17) is 5.11 Å². The van der Waals surface area contributed by atoms with E-state index in [-0.39, 0.29) is 6.61 Å². The number of nitrogens with zero attached hydrogens (tertiary/aromatic N) is 2. The summed E-state index contributed by atoms with van der Waals surface area (Å²) in [6.45, 7) is 4.08. The molecule has 0 aliphatic heterocycles. The third-order valence-corrected chi connectivity index (χ3v) is 3.44. The normalized spacial score (nSPS) is 13.1. The summed E-state index contributed by atoms with van der Waals surface area (Å²) in [6, 6.07) is 3.98. The number of hydrogen-bond acceptors (Lipinski definition) is 3. The van der Waals surface area contributed by atoms with Crippen LogP contribution in [0.25, 0.3) is 5.65 Å². The van der Waals surface area contributed by atoms with Crippen molar-refractivity contribution in [3.8, 4) is 0 Å². The Bertz CT molecular complexity index is 512. The van der Waals surface area contributed by atoms with Crippen LogP contribution < -0.4 is 5.32 Å². The van der Waals surface area contributed by atoms with Crippen LogP contribution in [0.2, 0.25) is 0 Å². The molecule has 0 amide bonds. The molecule has 0 saturated carbocycles. The zero-order chi connectivity index (χ0) is 13.0. The largest absolute Gasteiger partial charge is 0.396 e. The van der Waals surface area contributed by atoms with Crippen LogP contribution >= 0.6 is 15.9 Å². The number of rotatable bonds is 6. The van der Waals surface area contributed by atoms with E-state index in [2.05, 4.69) is 37.6 Å². The van der Waals surface area contributed by atoms with E-state index in [0.29, 0.717) is 5.92 Å². The van der Waals surface area contributed by atoms with Crippen LogP contribution in [0.4, 0.5) is 0 Å². The van der Waals surface area contributed by atoms with Crippen molar-refractivity contribution in [2.24, 2.45) is 5.92 Å². The molecule has 5 heteroatoms. The molecule has 1 atom stereocenters. The van der Waals surface area contributed by atoms with Gasteiger partial charge in [-0.2, -0.15) is 0 Å². The van der Waals surface area contributed by atoms with Crippen molar-refractivity contribution in [2.75, 3.05) is 13.2 Å². The monoisotopic (exact) mass is 311 g/mol. The average molecular weight is 312 g/mol. The van der Waals surface area contributed by atoms with Gasteiger partial charge >= 0.3 is 0 Å². The quantitative estimate of drug-likeness (QED) is 0.860. The number of aliphatic hydroxyl groups is 1. The number of aromatic nitrogens is 2. The van der Waals surface area contributed by atoms with Crippen LogP contribution in [-0.2, 0) is 6.54 Å². The van der Waals surface area contributed by atoms with E-state index in [0.717, 1.165) is 35.3 Å². The lowest BCUT2D eigenvalue weighted by molar-refractivity contribution is 0.260. The molecule has 0 aliphatic rings. The Balaban J connectivity index is 1.97. The first-order valence-corrected chi connectivity index (χ1v) is 6.93. The summed E-state index contributed by atoms with van der Waals surface area (Å²) in [4.78, 5) is 4.36. The summed E-state index contributed by atoms with van der Waals surface area (Å²) in [7, 11) is 0. The molecule has 0 radical (unpaired) electrons. The van der Waals surface area contributed by atoms with Gasteiger partial charge in [0.25, 0.3) is 0 Å². The van der Waals surface area contributed by atoms with Crippen molar-refractivity contribution in [1.29, 1.82) is 0 Å². The van der Waals surface area contributed by atoms with Crippen molar-refractivity contribution in [3.63, 3.8) is 0 Å². The summed E-state index contributed by atoms with van der Waals surface area (Å²) < 4.78 is 3.12. The number of pyridine rings is 1. The van der Waals surface area contributed by atoms with Crippen molar-refractivity contribution in [3.05, 3.63) is 34.7 Å². The Morgan fingerprint density at radius 3 is 3.11 bits per heavy atom. The molecule has 0 fully saturated rings. The molecule has 2 heterocycles. The van der Waals surface area contributed by atoms with Crippen LogP contribution in [0.5, 0.6) is 0 Å². The van der Waals surface area contributed by atoms with Crippen molar-refractivity contribution in [2.45, 2.75) is 19.9 Å². The minimum atomic E-state index is 0.255. The number of imidazole rings is 1. The van der Waals surface area contributed by atoms with Crippen LogP contribution in [0.15, 0.2) is 29.0 Å². The molecule has 0 saturated heterocycles. The van der Waals surface area contributed by atoms with E-state index in [9.17, 15) is 0 Å². The lowest BCUT2D eigenvalue weighted by Gasteiger charge is -2.10. The van der Waals surface area contributed by atoms with E-state index >= 15 is 0 Å². The predicted octanol–water partition coefficient (Wildman–Crippen LogP) is 2.20. The fourth-order valence-electron chi connectivity index (χ4n) is 1.90. The van der Waals surface area contributed by atoms with Gasteiger partial charge < -0.3 is 14.8 Å². The molecule has 0 aliphatic carbocycles. The zero-order valence-electron chi connectivity index (χ0n) is 10.4. The van der Waals surface area contributed by atoms with Crippen molar-refractivity contribution in [1.82, 2.24) is 14.7 Å². The first-order valence-electron chi connectivity index (χ1n) is 6.13. The van der Waals surface area contributed by atoms with Crippen molar-refractivity contribution < 1.29 is 5.11 Å². The van der Waals surface area contributed by atoms with Gasteiger partial charge in [0.15, 0.2) is 0 Å². The second-order valence-electron chi connectivity index (χ2n) is 4.57. The molecule has 4 nitrogen and oxygen atoms in total. The molecule has 98 valence electrons. The maximum atomic E-state index is 8.84. The Labute approximate surface area is 115 Å². The van der Waals surface area contributed by atoms with Gasteiger partial charge in [-0.1, -0.05) is 6.92 Å². The fraction of sp³-hybridized carbons (Fsp3) is 0.462. The van der Waals surface area contributed by atoms with Crippen LogP contribution in [-0.4, -0.2) is 27.6 Å². The number of aliphatic hydroxyl groups excluding tert-OH is 1. The fourth-order valence-corrected chi connectivity index (χ4v) is 2.24. The predicted molar refractivity (Wildman–Crippen MR) is 75.5 cm³/mol. The van der Waals surface area contributed by atoms with E-state index in [1.54, 1.807) is 0 Å². The molecule has 0 aromatic carbocycles. The number of fused-ring (bicyclic) bond motifs is 1. The molecule has 2 N–H and O–H groups in total. The first kappa shape index (κ1) is 13.5. The molecule has 0 bridgehead atoms. The second kappa shape index (κ2) is 6.31. The maximum absolute atomic E-state index is 8.84.